The molecule has 0 atom stereocenters. The molecule has 0 unspecified atom stereocenters. The molecular formula is C17H22O3. The number of methoxy groups -OCH3 is 1. The number of hydrogen-bond acceptors (Lipinski definition) is 3. The summed E-state index contributed by atoms with van der Waals surface area (Å²) < 4.78 is 10.7. The van der Waals surface area contributed by atoms with Gasteiger partial charge in [0.25, 0.3) is 0 Å². The summed E-state index contributed by atoms with van der Waals surface area (Å²) in [4.78, 5) is 12.8. The molecule has 0 aliphatic heterocycles. The number of ketones is 1. The number of rotatable bonds is 4. The second-order valence-corrected chi connectivity index (χ2v) is 7.02. The SMILES string of the molecule is COCc1ccc(C(=O)C2C3CC4CC(C3)CC2C4)o1. The van der Waals surface area contributed by atoms with E-state index in [-0.39, 0.29) is 11.7 Å². The molecule has 4 saturated carbocycles. The summed E-state index contributed by atoms with van der Waals surface area (Å²) in [5, 5.41) is 0. The van der Waals surface area contributed by atoms with Crippen LogP contribution in [0.15, 0.2) is 16.5 Å². The molecule has 4 aliphatic rings. The van der Waals surface area contributed by atoms with Gasteiger partial charge in [-0.05, 0) is 67.9 Å². The Kier molecular flexibility index (Phi) is 2.99. The van der Waals surface area contributed by atoms with E-state index in [1.165, 1.54) is 32.1 Å². The molecule has 1 heterocycles. The van der Waals surface area contributed by atoms with Crippen molar-refractivity contribution in [1.29, 1.82) is 0 Å². The zero-order valence-corrected chi connectivity index (χ0v) is 12.0. The molecule has 5 rings (SSSR count). The molecule has 108 valence electrons. The van der Waals surface area contributed by atoms with E-state index in [1.807, 2.05) is 12.1 Å². The fraction of sp³-hybridized carbons (Fsp3) is 0.706. The van der Waals surface area contributed by atoms with Crippen molar-refractivity contribution in [3.05, 3.63) is 23.7 Å². The average molecular weight is 274 g/mol. The molecular weight excluding hydrogens is 252 g/mol. The van der Waals surface area contributed by atoms with Crippen LogP contribution in [0.2, 0.25) is 0 Å². The van der Waals surface area contributed by atoms with Crippen LogP contribution < -0.4 is 0 Å². The number of Topliss-reactive ketones (excluding diaryl/α,β-unsaturated/α-hetero) is 1. The third kappa shape index (κ3) is 1.95. The van der Waals surface area contributed by atoms with Crippen LogP contribution >= 0.6 is 0 Å². The van der Waals surface area contributed by atoms with Crippen LogP contribution in [0, 0.1) is 29.6 Å². The maximum Gasteiger partial charge on any atom is 0.201 e. The summed E-state index contributed by atoms with van der Waals surface area (Å²) >= 11 is 0. The second-order valence-electron chi connectivity index (χ2n) is 7.02. The van der Waals surface area contributed by atoms with E-state index >= 15 is 0 Å². The molecule has 20 heavy (non-hydrogen) atoms. The summed E-state index contributed by atoms with van der Waals surface area (Å²) in [5.41, 5.74) is 0. The van der Waals surface area contributed by atoms with Crippen LogP contribution in [0.5, 0.6) is 0 Å². The van der Waals surface area contributed by atoms with Gasteiger partial charge in [0.05, 0.1) is 0 Å². The first-order chi connectivity index (χ1) is 9.74. The molecule has 3 nitrogen and oxygen atoms in total. The lowest BCUT2D eigenvalue weighted by molar-refractivity contribution is -0.0261. The highest BCUT2D eigenvalue weighted by Gasteiger charge is 2.51. The maximum atomic E-state index is 12.8. The van der Waals surface area contributed by atoms with Crippen molar-refractivity contribution in [1.82, 2.24) is 0 Å². The Morgan fingerprint density at radius 2 is 1.80 bits per heavy atom. The standard InChI is InChI=1S/C17H22O3/c1-19-9-14-2-3-15(20-14)17(18)16-12-5-10-4-11(7-12)8-13(16)6-10/h2-3,10-13,16H,4-9H2,1H3. The maximum absolute atomic E-state index is 12.8. The molecule has 0 radical (unpaired) electrons. The summed E-state index contributed by atoms with van der Waals surface area (Å²) in [6.45, 7) is 0.439. The average Bonchev–Trinajstić information content (AvgIpc) is 2.86. The molecule has 0 spiro atoms. The third-order valence-electron chi connectivity index (χ3n) is 5.72. The van der Waals surface area contributed by atoms with E-state index in [2.05, 4.69) is 0 Å². The first kappa shape index (κ1) is 12.6. The van der Waals surface area contributed by atoms with Crippen LogP contribution in [-0.2, 0) is 11.3 Å². The predicted octanol–water partition coefficient (Wildman–Crippen LogP) is 3.68. The van der Waals surface area contributed by atoms with E-state index in [9.17, 15) is 4.79 Å². The van der Waals surface area contributed by atoms with Crippen LogP contribution in [0.1, 0.15) is 48.4 Å². The predicted molar refractivity (Wildman–Crippen MR) is 74.3 cm³/mol. The lowest BCUT2D eigenvalue weighted by Crippen LogP contribution is -2.47. The van der Waals surface area contributed by atoms with Gasteiger partial charge in [0, 0.05) is 13.0 Å². The third-order valence-corrected chi connectivity index (χ3v) is 5.72. The molecule has 4 fully saturated rings. The van der Waals surface area contributed by atoms with Gasteiger partial charge in [0.15, 0.2) is 5.76 Å². The number of carbonyl (C=O) groups excluding carboxylic acids is 1. The van der Waals surface area contributed by atoms with Crippen molar-refractivity contribution in [3.8, 4) is 0 Å². The van der Waals surface area contributed by atoms with E-state index in [1.54, 1.807) is 7.11 Å². The molecule has 0 aromatic carbocycles. The van der Waals surface area contributed by atoms with Crippen molar-refractivity contribution in [3.63, 3.8) is 0 Å². The molecule has 1 aromatic rings. The van der Waals surface area contributed by atoms with Crippen LogP contribution in [0.4, 0.5) is 0 Å². The van der Waals surface area contributed by atoms with Gasteiger partial charge in [-0.25, -0.2) is 0 Å². The molecule has 0 amide bonds. The van der Waals surface area contributed by atoms with Gasteiger partial charge >= 0.3 is 0 Å². The van der Waals surface area contributed by atoms with Crippen molar-refractivity contribution >= 4 is 5.78 Å². The van der Waals surface area contributed by atoms with E-state index < -0.39 is 0 Å². The van der Waals surface area contributed by atoms with Crippen LogP contribution in [-0.4, -0.2) is 12.9 Å². The molecule has 4 aliphatic carbocycles. The minimum Gasteiger partial charge on any atom is -0.456 e. The highest BCUT2D eigenvalue weighted by molar-refractivity contribution is 5.96. The topological polar surface area (TPSA) is 39.4 Å². The smallest absolute Gasteiger partial charge is 0.201 e. The number of ether oxygens (including phenoxy) is 1. The van der Waals surface area contributed by atoms with E-state index in [4.69, 9.17) is 9.15 Å². The quantitative estimate of drug-likeness (QED) is 0.786. The normalized spacial score (nSPS) is 38.4. The Morgan fingerprint density at radius 3 is 2.40 bits per heavy atom. The summed E-state index contributed by atoms with van der Waals surface area (Å²) in [5.74, 6) is 4.83. The van der Waals surface area contributed by atoms with Gasteiger partial charge in [-0.3, -0.25) is 4.79 Å². The molecule has 3 heteroatoms. The second kappa shape index (κ2) is 4.73. The van der Waals surface area contributed by atoms with Gasteiger partial charge in [0.1, 0.15) is 12.4 Å². The first-order valence-corrected chi connectivity index (χ1v) is 7.86. The monoisotopic (exact) mass is 274 g/mol. The highest BCUT2D eigenvalue weighted by Crippen LogP contribution is 2.57. The number of furan rings is 1. The van der Waals surface area contributed by atoms with Crippen molar-refractivity contribution in [2.45, 2.75) is 38.7 Å². The zero-order chi connectivity index (χ0) is 13.7. The lowest BCUT2D eigenvalue weighted by atomic mass is 9.51. The van der Waals surface area contributed by atoms with Gasteiger partial charge in [-0.2, -0.15) is 0 Å². The molecule has 0 saturated heterocycles. The Balaban J connectivity index is 1.56. The van der Waals surface area contributed by atoms with Crippen molar-refractivity contribution in [2.24, 2.45) is 29.6 Å². The minimum absolute atomic E-state index is 0.226. The van der Waals surface area contributed by atoms with Gasteiger partial charge < -0.3 is 9.15 Å². The fourth-order valence-corrected chi connectivity index (χ4v) is 5.25. The number of hydrogen-bond donors (Lipinski definition) is 0. The van der Waals surface area contributed by atoms with E-state index in [0.29, 0.717) is 24.2 Å². The fourth-order valence-electron chi connectivity index (χ4n) is 5.25. The largest absolute Gasteiger partial charge is 0.456 e. The zero-order valence-electron chi connectivity index (χ0n) is 12.0. The van der Waals surface area contributed by atoms with Gasteiger partial charge in [-0.1, -0.05) is 0 Å². The number of carbonyl (C=O) groups is 1. The Labute approximate surface area is 119 Å². The summed E-state index contributed by atoms with van der Waals surface area (Å²) in [6.07, 6.45) is 6.51. The first-order valence-electron chi connectivity index (χ1n) is 7.86. The van der Waals surface area contributed by atoms with Crippen LogP contribution in [0.3, 0.4) is 0 Å². The Bertz CT molecular complexity index is 488. The van der Waals surface area contributed by atoms with Crippen LogP contribution in [0.25, 0.3) is 0 Å². The highest BCUT2D eigenvalue weighted by atomic mass is 16.5. The lowest BCUT2D eigenvalue weighted by Gasteiger charge is -2.53. The molecule has 0 N–H and O–H groups in total. The Hall–Kier alpha value is -1.09. The van der Waals surface area contributed by atoms with Crippen molar-refractivity contribution < 1.29 is 13.9 Å². The van der Waals surface area contributed by atoms with Crippen molar-refractivity contribution in [2.75, 3.05) is 7.11 Å². The Morgan fingerprint density at radius 1 is 1.15 bits per heavy atom. The molecule has 1 aromatic heterocycles. The summed E-state index contributed by atoms with van der Waals surface area (Å²) in [7, 11) is 1.64. The molecule has 4 bridgehead atoms. The summed E-state index contributed by atoms with van der Waals surface area (Å²) in [6, 6.07) is 3.70. The van der Waals surface area contributed by atoms with Gasteiger partial charge in [-0.15, -0.1) is 0 Å². The minimum atomic E-state index is 0.226. The van der Waals surface area contributed by atoms with Gasteiger partial charge in [0.2, 0.25) is 5.78 Å². The van der Waals surface area contributed by atoms with E-state index in [0.717, 1.165) is 17.6 Å².